The predicted octanol–water partition coefficient (Wildman–Crippen LogP) is 2.91. The van der Waals surface area contributed by atoms with Crippen molar-refractivity contribution in [3.8, 4) is 17.3 Å². The summed E-state index contributed by atoms with van der Waals surface area (Å²) in [4.78, 5) is 21.1. The van der Waals surface area contributed by atoms with E-state index in [1.165, 1.54) is 12.8 Å². The van der Waals surface area contributed by atoms with Crippen LogP contribution in [0.3, 0.4) is 0 Å². The van der Waals surface area contributed by atoms with E-state index in [0.717, 1.165) is 49.1 Å². The molecular formula is C20H23N3O2. The Balaban J connectivity index is 1.69. The van der Waals surface area contributed by atoms with Gasteiger partial charge in [-0.15, -0.1) is 0 Å². The molecule has 0 aliphatic heterocycles. The summed E-state index contributed by atoms with van der Waals surface area (Å²) in [7, 11) is 0. The number of amides is 1. The molecule has 1 fully saturated rings. The summed E-state index contributed by atoms with van der Waals surface area (Å²) in [6.07, 6.45) is 5.46. The molecule has 1 atom stereocenters. The van der Waals surface area contributed by atoms with Crippen LogP contribution in [-0.4, -0.2) is 22.5 Å². The average molecular weight is 337 g/mol. The standard InChI is InChI=1S/C20H23N3O2/c21-18(24)14-8-10-16-17(11-9-14)22-19(15-4-2-1-3-5-15)23-20(16)25-12-13-6-7-13/h1-5,13-14H,6-12H2,(H2,21,24). The SMILES string of the molecule is NC(=O)C1CCc2nc(-c3ccccc3)nc(OCC3CC3)c2CC1. The number of benzene rings is 1. The summed E-state index contributed by atoms with van der Waals surface area (Å²) >= 11 is 0. The molecule has 0 spiro atoms. The molecule has 1 unspecified atom stereocenters. The third-order valence-electron chi connectivity index (χ3n) is 5.11. The molecule has 130 valence electrons. The van der Waals surface area contributed by atoms with Crippen molar-refractivity contribution in [2.24, 2.45) is 17.6 Å². The molecule has 1 heterocycles. The Morgan fingerprint density at radius 1 is 1.08 bits per heavy atom. The molecule has 0 saturated heterocycles. The van der Waals surface area contributed by atoms with E-state index in [4.69, 9.17) is 20.4 Å². The van der Waals surface area contributed by atoms with Crippen LogP contribution in [0.1, 0.15) is 36.9 Å². The molecule has 0 radical (unpaired) electrons. The van der Waals surface area contributed by atoms with Gasteiger partial charge in [0.25, 0.3) is 0 Å². The minimum Gasteiger partial charge on any atom is -0.477 e. The lowest BCUT2D eigenvalue weighted by Gasteiger charge is -2.14. The van der Waals surface area contributed by atoms with Gasteiger partial charge >= 0.3 is 0 Å². The summed E-state index contributed by atoms with van der Waals surface area (Å²) in [5.41, 5.74) is 8.58. The number of aryl methyl sites for hydroxylation is 1. The summed E-state index contributed by atoms with van der Waals surface area (Å²) in [5, 5.41) is 0. The molecule has 2 aliphatic rings. The van der Waals surface area contributed by atoms with E-state index < -0.39 is 0 Å². The van der Waals surface area contributed by atoms with Crippen LogP contribution >= 0.6 is 0 Å². The van der Waals surface area contributed by atoms with Crippen molar-refractivity contribution >= 4 is 5.91 Å². The molecule has 2 N–H and O–H groups in total. The van der Waals surface area contributed by atoms with E-state index in [9.17, 15) is 4.79 Å². The maximum Gasteiger partial charge on any atom is 0.220 e. The monoisotopic (exact) mass is 337 g/mol. The second-order valence-corrected chi connectivity index (χ2v) is 7.07. The number of ether oxygens (including phenoxy) is 1. The van der Waals surface area contributed by atoms with Crippen LogP contribution < -0.4 is 10.5 Å². The highest BCUT2D eigenvalue weighted by molar-refractivity contribution is 5.76. The molecule has 25 heavy (non-hydrogen) atoms. The van der Waals surface area contributed by atoms with E-state index >= 15 is 0 Å². The number of hydrogen-bond donors (Lipinski definition) is 1. The molecular weight excluding hydrogens is 314 g/mol. The van der Waals surface area contributed by atoms with Crippen LogP contribution in [0.2, 0.25) is 0 Å². The summed E-state index contributed by atoms with van der Waals surface area (Å²) in [6, 6.07) is 9.97. The number of nitrogens with zero attached hydrogens (tertiary/aromatic N) is 2. The first kappa shape index (κ1) is 16.1. The zero-order valence-corrected chi connectivity index (χ0v) is 14.3. The number of aromatic nitrogens is 2. The van der Waals surface area contributed by atoms with Crippen LogP contribution in [0.15, 0.2) is 30.3 Å². The number of carbonyl (C=O) groups excluding carboxylic acids is 1. The fourth-order valence-electron chi connectivity index (χ4n) is 3.34. The Labute approximate surface area is 147 Å². The second kappa shape index (κ2) is 6.82. The zero-order chi connectivity index (χ0) is 17.2. The van der Waals surface area contributed by atoms with Crippen LogP contribution in [0, 0.1) is 11.8 Å². The van der Waals surface area contributed by atoms with Gasteiger partial charge in [-0.1, -0.05) is 30.3 Å². The van der Waals surface area contributed by atoms with Crippen LogP contribution in [0.25, 0.3) is 11.4 Å². The first-order valence-corrected chi connectivity index (χ1v) is 9.08. The minimum absolute atomic E-state index is 0.0920. The number of hydrogen-bond acceptors (Lipinski definition) is 4. The van der Waals surface area contributed by atoms with Crippen molar-refractivity contribution in [2.45, 2.75) is 38.5 Å². The quantitative estimate of drug-likeness (QED) is 0.851. The Bertz CT molecular complexity index is 772. The Morgan fingerprint density at radius 2 is 1.84 bits per heavy atom. The van der Waals surface area contributed by atoms with E-state index in [-0.39, 0.29) is 11.8 Å². The van der Waals surface area contributed by atoms with E-state index in [1.54, 1.807) is 0 Å². The molecule has 5 heteroatoms. The van der Waals surface area contributed by atoms with E-state index in [2.05, 4.69) is 0 Å². The van der Waals surface area contributed by atoms with Crippen LogP contribution in [0.5, 0.6) is 5.88 Å². The lowest BCUT2D eigenvalue weighted by Crippen LogP contribution is -2.23. The maximum atomic E-state index is 11.6. The fraction of sp³-hybridized carbons (Fsp3) is 0.450. The van der Waals surface area contributed by atoms with Crippen molar-refractivity contribution in [1.82, 2.24) is 9.97 Å². The van der Waals surface area contributed by atoms with Gasteiger partial charge < -0.3 is 10.5 Å². The number of rotatable bonds is 5. The number of primary amides is 1. The van der Waals surface area contributed by atoms with Crippen molar-refractivity contribution in [3.05, 3.63) is 41.6 Å². The van der Waals surface area contributed by atoms with Gasteiger partial charge in [0.2, 0.25) is 11.8 Å². The summed E-state index contributed by atoms with van der Waals surface area (Å²) in [5.74, 6) is 1.74. The molecule has 1 saturated carbocycles. The topological polar surface area (TPSA) is 78.1 Å². The smallest absolute Gasteiger partial charge is 0.220 e. The minimum atomic E-state index is -0.218. The molecule has 2 aliphatic carbocycles. The summed E-state index contributed by atoms with van der Waals surface area (Å²) < 4.78 is 6.07. The van der Waals surface area contributed by atoms with Crippen molar-refractivity contribution < 1.29 is 9.53 Å². The average Bonchev–Trinajstić information content (AvgIpc) is 3.46. The maximum absolute atomic E-state index is 11.6. The van der Waals surface area contributed by atoms with Gasteiger partial charge in [-0.05, 0) is 44.4 Å². The van der Waals surface area contributed by atoms with Gasteiger partial charge in [-0.25, -0.2) is 4.98 Å². The van der Waals surface area contributed by atoms with Gasteiger partial charge in [0.1, 0.15) is 0 Å². The third-order valence-corrected chi connectivity index (χ3v) is 5.11. The molecule has 2 aromatic rings. The lowest BCUT2D eigenvalue weighted by molar-refractivity contribution is -0.122. The van der Waals surface area contributed by atoms with Crippen molar-refractivity contribution in [1.29, 1.82) is 0 Å². The normalized spacial score (nSPS) is 19.8. The summed E-state index contributed by atoms with van der Waals surface area (Å²) in [6.45, 7) is 0.719. The van der Waals surface area contributed by atoms with Crippen molar-refractivity contribution in [3.63, 3.8) is 0 Å². The van der Waals surface area contributed by atoms with E-state index in [0.29, 0.717) is 17.6 Å². The molecule has 4 rings (SSSR count). The molecule has 1 aromatic heterocycles. The Hall–Kier alpha value is -2.43. The third kappa shape index (κ3) is 3.65. The van der Waals surface area contributed by atoms with Gasteiger partial charge in [-0.3, -0.25) is 4.79 Å². The first-order chi connectivity index (χ1) is 12.2. The van der Waals surface area contributed by atoms with Gasteiger partial charge in [-0.2, -0.15) is 4.98 Å². The lowest BCUT2D eigenvalue weighted by atomic mass is 9.99. The Kier molecular flexibility index (Phi) is 4.38. The van der Waals surface area contributed by atoms with Crippen LogP contribution in [-0.2, 0) is 17.6 Å². The fourth-order valence-corrected chi connectivity index (χ4v) is 3.34. The highest BCUT2D eigenvalue weighted by Gasteiger charge is 2.27. The highest BCUT2D eigenvalue weighted by Crippen LogP contribution is 2.34. The number of nitrogens with two attached hydrogens (primary N) is 1. The predicted molar refractivity (Wildman–Crippen MR) is 95.0 cm³/mol. The molecule has 1 amide bonds. The molecule has 1 aromatic carbocycles. The van der Waals surface area contributed by atoms with Crippen LogP contribution in [0.4, 0.5) is 0 Å². The molecule has 0 bridgehead atoms. The largest absolute Gasteiger partial charge is 0.477 e. The first-order valence-electron chi connectivity index (χ1n) is 9.08. The zero-order valence-electron chi connectivity index (χ0n) is 14.3. The van der Waals surface area contributed by atoms with Gasteiger partial charge in [0.05, 0.1) is 12.3 Å². The molecule has 5 nitrogen and oxygen atoms in total. The number of fused-ring (bicyclic) bond motifs is 1. The Morgan fingerprint density at radius 3 is 2.56 bits per heavy atom. The van der Waals surface area contributed by atoms with E-state index in [1.807, 2.05) is 30.3 Å². The second-order valence-electron chi connectivity index (χ2n) is 7.07. The number of carbonyl (C=O) groups is 1. The van der Waals surface area contributed by atoms with Crippen molar-refractivity contribution in [2.75, 3.05) is 6.61 Å². The highest BCUT2D eigenvalue weighted by atomic mass is 16.5. The van der Waals surface area contributed by atoms with Gasteiger partial charge in [0.15, 0.2) is 5.82 Å². The van der Waals surface area contributed by atoms with Gasteiger partial charge in [0, 0.05) is 17.0 Å².